The Kier molecular flexibility index (Phi) is 7.60. The van der Waals surface area contributed by atoms with Crippen LogP contribution in [0.5, 0.6) is 0 Å². The van der Waals surface area contributed by atoms with E-state index in [0.717, 1.165) is 25.7 Å². The summed E-state index contributed by atoms with van der Waals surface area (Å²) in [4.78, 5) is 28.7. The molecule has 1 amide bonds. The average Bonchev–Trinajstić information content (AvgIpc) is 3.26. The maximum absolute atomic E-state index is 12.1. The number of nitrogens with zero attached hydrogens (tertiary/aromatic N) is 2. The van der Waals surface area contributed by atoms with Crippen LogP contribution < -0.4 is 0 Å². The molecule has 2 aliphatic rings. The molecule has 2 fully saturated rings. The minimum absolute atomic E-state index is 0.0379. The number of carbonyl (C=O) groups is 2. The summed E-state index contributed by atoms with van der Waals surface area (Å²) in [5.74, 6) is -0.460. The first-order valence-corrected chi connectivity index (χ1v) is 11.9. The number of aromatic nitrogens is 1. The van der Waals surface area contributed by atoms with E-state index in [1.165, 1.54) is 34.1 Å². The molecular formula is C21H28N2O5S2. The highest BCUT2D eigenvalue weighted by molar-refractivity contribution is 8.01. The average molecular weight is 453 g/mol. The number of ether oxygens (including phenoxy) is 1. The lowest BCUT2D eigenvalue weighted by molar-refractivity contribution is -0.00305. The maximum atomic E-state index is 12.1. The van der Waals surface area contributed by atoms with Gasteiger partial charge in [0.25, 0.3) is 0 Å². The number of carboxylic acids is 1. The SMILES string of the molecule is CC(C)=CCC1([C@H](O)/C=C/[C@H]2COC(=O)N2CCSc2nc(C(=O)O)cs2)CCC1. The number of aliphatic hydroxyl groups excluding tert-OH is 1. The minimum atomic E-state index is -1.04. The first-order chi connectivity index (χ1) is 14.3. The topological polar surface area (TPSA) is 100.0 Å². The fourth-order valence-electron chi connectivity index (χ4n) is 3.63. The Morgan fingerprint density at radius 1 is 1.50 bits per heavy atom. The van der Waals surface area contributed by atoms with Crippen LogP contribution in [0.3, 0.4) is 0 Å². The van der Waals surface area contributed by atoms with Crippen LogP contribution in [0.15, 0.2) is 33.5 Å². The molecule has 164 valence electrons. The zero-order valence-corrected chi connectivity index (χ0v) is 18.9. The number of thioether (sulfide) groups is 1. The third-order valence-electron chi connectivity index (χ3n) is 5.68. The molecule has 0 spiro atoms. The normalized spacial score (nSPS) is 21.4. The highest BCUT2D eigenvalue weighted by atomic mass is 32.2. The summed E-state index contributed by atoms with van der Waals surface area (Å²) in [6.07, 6.45) is 9.01. The number of aliphatic hydroxyl groups is 1. The van der Waals surface area contributed by atoms with Crippen molar-refractivity contribution in [3.8, 4) is 0 Å². The molecule has 2 N–H and O–H groups in total. The number of thiazole rings is 1. The van der Waals surface area contributed by atoms with E-state index in [2.05, 4.69) is 24.9 Å². The second kappa shape index (κ2) is 9.98. The highest BCUT2D eigenvalue weighted by Gasteiger charge is 2.41. The maximum Gasteiger partial charge on any atom is 0.410 e. The molecule has 0 aromatic carbocycles. The number of hydrogen-bond donors (Lipinski definition) is 2. The van der Waals surface area contributed by atoms with Crippen LogP contribution in [0.4, 0.5) is 4.79 Å². The summed E-state index contributed by atoms with van der Waals surface area (Å²) in [6, 6.07) is -0.209. The second-order valence-electron chi connectivity index (χ2n) is 8.02. The van der Waals surface area contributed by atoms with Gasteiger partial charge in [-0.1, -0.05) is 42.0 Å². The lowest BCUT2D eigenvalue weighted by Crippen LogP contribution is -2.40. The molecule has 1 saturated heterocycles. The van der Waals surface area contributed by atoms with E-state index in [1.807, 2.05) is 12.2 Å². The predicted octanol–water partition coefficient (Wildman–Crippen LogP) is 4.20. The van der Waals surface area contributed by atoms with Crippen LogP contribution in [0.25, 0.3) is 0 Å². The lowest BCUT2D eigenvalue weighted by atomic mass is 9.63. The molecule has 1 aromatic heterocycles. The zero-order chi connectivity index (χ0) is 21.7. The summed E-state index contributed by atoms with van der Waals surface area (Å²) in [7, 11) is 0. The largest absolute Gasteiger partial charge is 0.476 e. The Hall–Kier alpha value is -1.84. The highest BCUT2D eigenvalue weighted by Crippen LogP contribution is 2.47. The van der Waals surface area contributed by atoms with Crippen molar-refractivity contribution >= 4 is 35.2 Å². The van der Waals surface area contributed by atoms with Gasteiger partial charge in [-0.15, -0.1) is 11.3 Å². The molecule has 9 heteroatoms. The fourth-order valence-corrected chi connectivity index (χ4v) is 5.44. The van der Waals surface area contributed by atoms with Crippen LogP contribution in [0.1, 0.15) is 50.0 Å². The summed E-state index contributed by atoms with van der Waals surface area (Å²) in [5.41, 5.74) is 1.20. The van der Waals surface area contributed by atoms with E-state index in [1.54, 1.807) is 4.90 Å². The third-order valence-corrected chi connectivity index (χ3v) is 7.68. The van der Waals surface area contributed by atoms with E-state index in [-0.39, 0.29) is 29.9 Å². The van der Waals surface area contributed by atoms with Crippen LogP contribution >= 0.6 is 23.1 Å². The molecule has 1 aliphatic heterocycles. The lowest BCUT2D eigenvalue weighted by Gasteiger charge is -2.44. The first kappa shape index (κ1) is 22.8. The van der Waals surface area contributed by atoms with Crippen molar-refractivity contribution in [1.82, 2.24) is 9.88 Å². The van der Waals surface area contributed by atoms with Gasteiger partial charge in [0.1, 0.15) is 6.61 Å². The van der Waals surface area contributed by atoms with Gasteiger partial charge in [0.2, 0.25) is 0 Å². The summed E-state index contributed by atoms with van der Waals surface area (Å²) in [5, 5.41) is 21.2. The number of hydrogen-bond acceptors (Lipinski definition) is 7. The second-order valence-corrected chi connectivity index (χ2v) is 10.2. The van der Waals surface area contributed by atoms with E-state index >= 15 is 0 Å². The molecule has 0 bridgehead atoms. The molecule has 1 aromatic rings. The Labute approximate surface area is 184 Å². The number of allylic oxidation sites excluding steroid dienone is 2. The van der Waals surface area contributed by atoms with Crippen LogP contribution in [0.2, 0.25) is 0 Å². The molecule has 2 heterocycles. The van der Waals surface area contributed by atoms with Gasteiger partial charge in [0.05, 0.1) is 12.1 Å². The van der Waals surface area contributed by atoms with Gasteiger partial charge in [-0.25, -0.2) is 14.6 Å². The molecule has 1 aliphatic carbocycles. The van der Waals surface area contributed by atoms with Gasteiger partial charge in [-0.3, -0.25) is 4.90 Å². The fraction of sp³-hybridized carbons (Fsp3) is 0.571. The van der Waals surface area contributed by atoms with Crippen molar-refractivity contribution in [1.29, 1.82) is 0 Å². The van der Waals surface area contributed by atoms with Gasteiger partial charge in [-0.05, 0) is 33.1 Å². The standard InChI is InChI=1S/C21H28N2O5S2/c1-14(2)6-9-21(7-3-8-21)17(24)5-4-15-12-28-20(27)23(15)10-11-29-19-22-16(13-30-19)18(25)26/h4-6,13,15,17,24H,3,7-12H2,1-2H3,(H,25,26)/b5-4+/t15-,17+/m0/s1. The molecule has 3 rings (SSSR count). The minimum Gasteiger partial charge on any atom is -0.476 e. The van der Waals surface area contributed by atoms with E-state index in [9.17, 15) is 14.7 Å². The van der Waals surface area contributed by atoms with E-state index < -0.39 is 12.1 Å². The third kappa shape index (κ3) is 5.44. The Morgan fingerprint density at radius 2 is 2.27 bits per heavy atom. The summed E-state index contributed by atoms with van der Waals surface area (Å²) < 4.78 is 5.86. The van der Waals surface area contributed by atoms with Crippen LogP contribution in [-0.2, 0) is 4.74 Å². The summed E-state index contributed by atoms with van der Waals surface area (Å²) >= 11 is 2.69. The van der Waals surface area contributed by atoms with Crippen molar-refractivity contribution in [3.63, 3.8) is 0 Å². The smallest absolute Gasteiger partial charge is 0.410 e. The monoisotopic (exact) mass is 452 g/mol. The Morgan fingerprint density at radius 3 is 2.87 bits per heavy atom. The van der Waals surface area contributed by atoms with E-state index in [0.29, 0.717) is 16.6 Å². The Bertz CT molecular complexity index is 827. The number of carbonyl (C=O) groups excluding carboxylic acids is 1. The van der Waals surface area contributed by atoms with Crippen molar-refractivity contribution in [3.05, 3.63) is 34.9 Å². The van der Waals surface area contributed by atoms with Gasteiger partial charge >= 0.3 is 12.1 Å². The van der Waals surface area contributed by atoms with Gasteiger partial charge in [-0.2, -0.15) is 0 Å². The number of carboxylic acid groups (broad SMARTS) is 1. The molecule has 1 saturated carbocycles. The van der Waals surface area contributed by atoms with E-state index in [4.69, 9.17) is 9.84 Å². The van der Waals surface area contributed by atoms with Gasteiger partial charge in [0.15, 0.2) is 10.0 Å². The zero-order valence-electron chi connectivity index (χ0n) is 17.2. The molecule has 0 unspecified atom stereocenters. The number of aromatic carboxylic acids is 1. The molecule has 2 atom stereocenters. The first-order valence-electron chi connectivity index (χ1n) is 10.1. The predicted molar refractivity (Wildman–Crippen MR) is 117 cm³/mol. The van der Waals surface area contributed by atoms with Crippen molar-refractivity contribution in [2.75, 3.05) is 18.9 Å². The van der Waals surface area contributed by atoms with Crippen molar-refractivity contribution in [2.24, 2.45) is 5.41 Å². The van der Waals surface area contributed by atoms with Gasteiger partial charge in [0, 0.05) is 23.1 Å². The molecule has 7 nitrogen and oxygen atoms in total. The molecular weight excluding hydrogens is 424 g/mol. The Balaban J connectivity index is 1.54. The summed E-state index contributed by atoms with van der Waals surface area (Å²) in [6.45, 7) is 4.87. The van der Waals surface area contributed by atoms with Crippen LogP contribution in [-0.4, -0.2) is 63.2 Å². The molecule has 30 heavy (non-hydrogen) atoms. The number of cyclic esters (lactones) is 1. The van der Waals surface area contributed by atoms with Crippen LogP contribution in [0, 0.1) is 5.41 Å². The van der Waals surface area contributed by atoms with Gasteiger partial charge < -0.3 is 14.9 Å². The number of amides is 1. The van der Waals surface area contributed by atoms with Crippen molar-refractivity contribution in [2.45, 2.75) is 56.0 Å². The number of rotatable bonds is 10. The molecule has 0 radical (unpaired) electrons. The van der Waals surface area contributed by atoms with Crippen molar-refractivity contribution < 1.29 is 24.5 Å². The quantitative estimate of drug-likeness (QED) is 0.405.